The fourth-order valence-electron chi connectivity index (χ4n) is 1.24. The molecule has 0 aliphatic carbocycles. The standard InChI is InChI=1S/C10H16N2O/c1-4-13-10-5-7(2)9(6-12-10)8(3)11/h5-6,8H,4,11H2,1-3H3/t8-/m1/s1. The van der Waals surface area contributed by atoms with Crippen LogP contribution in [0.25, 0.3) is 0 Å². The molecule has 0 saturated heterocycles. The van der Waals surface area contributed by atoms with E-state index in [2.05, 4.69) is 4.98 Å². The van der Waals surface area contributed by atoms with Crippen LogP contribution in [0.1, 0.15) is 31.0 Å². The van der Waals surface area contributed by atoms with Gasteiger partial charge in [0.1, 0.15) is 0 Å². The summed E-state index contributed by atoms with van der Waals surface area (Å²) in [6.07, 6.45) is 1.78. The Hall–Kier alpha value is -1.09. The zero-order valence-electron chi connectivity index (χ0n) is 8.37. The lowest BCUT2D eigenvalue weighted by Crippen LogP contribution is -2.08. The normalized spacial score (nSPS) is 12.6. The summed E-state index contributed by atoms with van der Waals surface area (Å²) < 4.78 is 5.27. The highest BCUT2D eigenvalue weighted by Gasteiger charge is 2.05. The molecule has 1 aromatic rings. The Bertz CT molecular complexity index is 284. The number of aryl methyl sites for hydroxylation is 1. The highest BCUT2D eigenvalue weighted by atomic mass is 16.5. The Kier molecular flexibility index (Phi) is 3.25. The summed E-state index contributed by atoms with van der Waals surface area (Å²) in [5.74, 6) is 0.671. The van der Waals surface area contributed by atoms with Gasteiger partial charge >= 0.3 is 0 Å². The van der Waals surface area contributed by atoms with E-state index in [1.54, 1.807) is 6.20 Å². The van der Waals surface area contributed by atoms with Gasteiger partial charge in [-0.3, -0.25) is 0 Å². The van der Waals surface area contributed by atoms with Crippen molar-refractivity contribution in [3.63, 3.8) is 0 Å². The van der Waals surface area contributed by atoms with Crippen LogP contribution in [0.3, 0.4) is 0 Å². The zero-order chi connectivity index (χ0) is 9.84. The molecule has 0 bridgehead atoms. The molecule has 0 aliphatic heterocycles. The molecule has 0 aliphatic rings. The average molecular weight is 180 g/mol. The number of ether oxygens (including phenoxy) is 1. The van der Waals surface area contributed by atoms with Crippen molar-refractivity contribution in [3.8, 4) is 5.88 Å². The highest BCUT2D eigenvalue weighted by Crippen LogP contribution is 2.17. The molecule has 2 N–H and O–H groups in total. The summed E-state index contributed by atoms with van der Waals surface area (Å²) in [5.41, 5.74) is 7.96. The fraction of sp³-hybridized carbons (Fsp3) is 0.500. The Labute approximate surface area is 78.9 Å². The third-order valence-electron chi connectivity index (χ3n) is 1.91. The van der Waals surface area contributed by atoms with Crippen molar-refractivity contribution in [2.45, 2.75) is 26.8 Å². The van der Waals surface area contributed by atoms with Crippen LogP contribution in [0.15, 0.2) is 12.3 Å². The van der Waals surface area contributed by atoms with Crippen molar-refractivity contribution < 1.29 is 4.74 Å². The third kappa shape index (κ3) is 2.42. The van der Waals surface area contributed by atoms with Gasteiger partial charge in [0, 0.05) is 18.3 Å². The van der Waals surface area contributed by atoms with Crippen LogP contribution in [0.4, 0.5) is 0 Å². The summed E-state index contributed by atoms with van der Waals surface area (Å²) in [6.45, 7) is 6.55. The second-order valence-electron chi connectivity index (χ2n) is 3.10. The molecule has 0 saturated carbocycles. The Balaban J connectivity index is 2.92. The predicted molar refractivity (Wildman–Crippen MR) is 52.7 cm³/mol. The van der Waals surface area contributed by atoms with Crippen molar-refractivity contribution >= 4 is 0 Å². The van der Waals surface area contributed by atoms with E-state index in [4.69, 9.17) is 10.5 Å². The van der Waals surface area contributed by atoms with E-state index >= 15 is 0 Å². The number of pyridine rings is 1. The van der Waals surface area contributed by atoms with E-state index in [0.29, 0.717) is 12.5 Å². The summed E-state index contributed by atoms with van der Waals surface area (Å²) in [6, 6.07) is 1.95. The molecule has 0 unspecified atom stereocenters. The van der Waals surface area contributed by atoms with E-state index < -0.39 is 0 Å². The van der Waals surface area contributed by atoms with Crippen LogP contribution >= 0.6 is 0 Å². The average Bonchev–Trinajstić information content (AvgIpc) is 2.04. The van der Waals surface area contributed by atoms with Gasteiger partial charge in [0.2, 0.25) is 5.88 Å². The van der Waals surface area contributed by atoms with E-state index in [1.165, 1.54) is 0 Å². The third-order valence-corrected chi connectivity index (χ3v) is 1.91. The lowest BCUT2D eigenvalue weighted by Gasteiger charge is -2.10. The van der Waals surface area contributed by atoms with Crippen LogP contribution in [0.2, 0.25) is 0 Å². The Morgan fingerprint density at radius 2 is 2.31 bits per heavy atom. The Morgan fingerprint density at radius 1 is 1.62 bits per heavy atom. The molecule has 0 spiro atoms. The van der Waals surface area contributed by atoms with Crippen molar-refractivity contribution in [2.24, 2.45) is 5.73 Å². The van der Waals surface area contributed by atoms with Gasteiger partial charge in [0.25, 0.3) is 0 Å². The van der Waals surface area contributed by atoms with Gasteiger partial charge in [-0.25, -0.2) is 4.98 Å². The topological polar surface area (TPSA) is 48.1 Å². The number of nitrogens with two attached hydrogens (primary N) is 1. The molecular weight excluding hydrogens is 164 g/mol. The fourth-order valence-corrected chi connectivity index (χ4v) is 1.24. The maximum Gasteiger partial charge on any atom is 0.213 e. The smallest absolute Gasteiger partial charge is 0.213 e. The Morgan fingerprint density at radius 3 is 2.77 bits per heavy atom. The predicted octanol–water partition coefficient (Wildman–Crippen LogP) is 1.81. The van der Waals surface area contributed by atoms with Crippen LogP contribution < -0.4 is 10.5 Å². The molecule has 1 rings (SSSR count). The van der Waals surface area contributed by atoms with Gasteiger partial charge in [-0.15, -0.1) is 0 Å². The number of nitrogens with zero attached hydrogens (tertiary/aromatic N) is 1. The van der Waals surface area contributed by atoms with E-state index in [-0.39, 0.29) is 6.04 Å². The number of aromatic nitrogens is 1. The van der Waals surface area contributed by atoms with Crippen molar-refractivity contribution in [2.75, 3.05) is 6.61 Å². The second-order valence-corrected chi connectivity index (χ2v) is 3.10. The highest BCUT2D eigenvalue weighted by molar-refractivity contribution is 5.29. The van der Waals surface area contributed by atoms with Crippen LogP contribution in [0, 0.1) is 6.92 Å². The molecule has 1 heterocycles. The van der Waals surface area contributed by atoms with Gasteiger partial charge in [0.15, 0.2) is 0 Å². The molecule has 72 valence electrons. The molecule has 0 amide bonds. The van der Waals surface area contributed by atoms with Gasteiger partial charge in [-0.1, -0.05) is 0 Å². The summed E-state index contributed by atoms with van der Waals surface area (Å²) in [4.78, 5) is 4.15. The van der Waals surface area contributed by atoms with Crippen LogP contribution in [-0.4, -0.2) is 11.6 Å². The quantitative estimate of drug-likeness (QED) is 0.771. The van der Waals surface area contributed by atoms with Crippen LogP contribution in [0.5, 0.6) is 5.88 Å². The van der Waals surface area contributed by atoms with Crippen molar-refractivity contribution in [1.29, 1.82) is 0 Å². The first-order valence-electron chi connectivity index (χ1n) is 4.50. The lowest BCUT2D eigenvalue weighted by atomic mass is 10.1. The maximum atomic E-state index is 5.76. The minimum atomic E-state index is 0.0307. The summed E-state index contributed by atoms with van der Waals surface area (Å²) >= 11 is 0. The van der Waals surface area contributed by atoms with Crippen LogP contribution in [-0.2, 0) is 0 Å². The molecule has 3 heteroatoms. The maximum absolute atomic E-state index is 5.76. The van der Waals surface area contributed by atoms with Gasteiger partial charge in [-0.05, 0) is 31.9 Å². The van der Waals surface area contributed by atoms with E-state index in [0.717, 1.165) is 11.1 Å². The van der Waals surface area contributed by atoms with Crippen molar-refractivity contribution in [1.82, 2.24) is 4.98 Å². The monoisotopic (exact) mass is 180 g/mol. The first-order chi connectivity index (χ1) is 6.15. The summed E-state index contributed by atoms with van der Waals surface area (Å²) in [5, 5.41) is 0. The number of hydrogen-bond donors (Lipinski definition) is 1. The SMILES string of the molecule is CCOc1cc(C)c([C@@H](C)N)cn1. The zero-order valence-corrected chi connectivity index (χ0v) is 8.37. The second kappa shape index (κ2) is 4.23. The lowest BCUT2D eigenvalue weighted by molar-refractivity contribution is 0.326. The number of hydrogen-bond acceptors (Lipinski definition) is 3. The minimum absolute atomic E-state index is 0.0307. The summed E-state index contributed by atoms with van der Waals surface area (Å²) in [7, 11) is 0. The molecule has 3 nitrogen and oxygen atoms in total. The van der Waals surface area contributed by atoms with Gasteiger partial charge < -0.3 is 10.5 Å². The van der Waals surface area contributed by atoms with Crippen molar-refractivity contribution in [3.05, 3.63) is 23.4 Å². The first kappa shape index (κ1) is 9.99. The molecule has 0 radical (unpaired) electrons. The molecule has 0 fully saturated rings. The molecular formula is C10H16N2O. The number of rotatable bonds is 3. The van der Waals surface area contributed by atoms with Gasteiger partial charge in [-0.2, -0.15) is 0 Å². The largest absolute Gasteiger partial charge is 0.478 e. The first-order valence-corrected chi connectivity index (χ1v) is 4.50. The minimum Gasteiger partial charge on any atom is -0.478 e. The molecule has 1 aromatic heterocycles. The molecule has 0 aromatic carbocycles. The van der Waals surface area contributed by atoms with E-state index in [1.807, 2.05) is 26.8 Å². The van der Waals surface area contributed by atoms with Gasteiger partial charge in [0.05, 0.1) is 6.61 Å². The molecule has 13 heavy (non-hydrogen) atoms. The van der Waals surface area contributed by atoms with E-state index in [9.17, 15) is 0 Å². The molecule has 1 atom stereocenters.